The molecule has 6 nitrogen and oxygen atoms in total. The van der Waals surface area contributed by atoms with E-state index in [-0.39, 0.29) is 5.78 Å². The lowest BCUT2D eigenvalue weighted by Gasteiger charge is -1.98. The van der Waals surface area contributed by atoms with Gasteiger partial charge < -0.3 is 0 Å². The van der Waals surface area contributed by atoms with Crippen LogP contribution in [0.15, 0.2) is 17.1 Å². The Morgan fingerprint density at radius 2 is 2.07 bits per heavy atom. The molecule has 0 spiro atoms. The molecule has 0 saturated heterocycles. The van der Waals surface area contributed by atoms with Gasteiger partial charge in [-0.1, -0.05) is 0 Å². The summed E-state index contributed by atoms with van der Waals surface area (Å²) in [5, 5.41) is 7.81. The Labute approximate surface area is 94.0 Å². The van der Waals surface area contributed by atoms with Crippen LogP contribution in [0.1, 0.15) is 16.2 Å². The van der Waals surface area contributed by atoms with Crippen molar-refractivity contribution in [2.45, 2.75) is 0 Å². The SMILES string of the molecule is Cn1ncnc1C(=O)c1cnn(C)c1Br. The molecule has 2 aromatic heterocycles. The van der Waals surface area contributed by atoms with Crippen LogP contribution >= 0.6 is 15.9 Å². The molecule has 0 aliphatic rings. The molecule has 0 aromatic carbocycles. The Hall–Kier alpha value is -1.50. The standard InChI is InChI=1S/C8H8BrN5O/c1-13-7(9)5(3-11-13)6(15)8-10-4-12-14(8)2/h3-4H,1-2H3. The second-order valence-electron chi connectivity index (χ2n) is 3.01. The highest BCUT2D eigenvalue weighted by Gasteiger charge is 2.19. The zero-order chi connectivity index (χ0) is 11.0. The monoisotopic (exact) mass is 269 g/mol. The van der Waals surface area contributed by atoms with Gasteiger partial charge in [0.2, 0.25) is 5.78 Å². The quantitative estimate of drug-likeness (QED) is 0.747. The van der Waals surface area contributed by atoms with Gasteiger partial charge in [0.05, 0.1) is 11.8 Å². The minimum absolute atomic E-state index is 0.199. The maximum absolute atomic E-state index is 12.0. The minimum atomic E-state index is -0.199. The summed E-state index contributed by atoms with van der Waals surface area (Å²) in [5.41, 5.74) is 0.480. The minimum Gasteiger partial charge on any atom is -0.285 e. The topological polar surface area (TPSA) is 65.6 Å². The molecule has 0 fully saturated rings. The van der Waals surface area contributed by atoms with Crippen molar-refractivity contribution in [1.82, 2.24) is 24.5 Å². The molecule has 7 heteroatoms. The molecule has 15 heavy (non-hydrogen) atoms. The molecule has 0 bridgehead atoms. The molecule has 0 aliphatic carbocycles. The van der Waals surface area contributed by atoms with Crippen molar-refractivity contribution < 1.29 is 4.79 Å². The van der Waals surface area contributed by atoms with Crippen molar-refractivity contribution >= 4 is 21.7 Å². The van der Waals surface area contributed by atoms with Crippen LogP contribution in [0, 0.1) is 0 Å². The van der Waals surface area contributed by atoms with Crippen LogP contribution in [-0.2, 0) is 14.1 Å². The first kappa shape index (κ1) is 10.0. The van der Waals surface area contributed by atoms with Gasteiger partial charge in [0.1, 0.15) is 10.9 Å². The number of hydrogen-bond donors (Lipinski definition) is 0. The van der Waals surface area contributed by atoms with Crippen LogP contribution in [0.2, 0.25) is 0 Å². The van der Waals surface area contributed by atoms with Gasteiger partial charge in [0.15, 0.2) is 5.82 Å². The molecule has 0 atom stereocenters. The number of ketones is 1. The molecular weight excluding hydrogens is 262 g/mol. The fourth-order valence-corrected chi connectivity index (χ4v) is 1.57. The van der Waals surface area contributed by atoms with Gasteiger partial charge in [-0.3, -0.25) is 9.48 Å². The van der Waals surface area contributed by atoms with E-state index in [0.717, 1.165) is 0 Å². The summed E-state index contributed by atoms with van der Waals surface area (Å²) in [6, 6.07) is 0. The molecule has 0 aliphatic heterocycles. The highest BCUT2D eigenvalue weighted by molar-refractivity contribution is 9.10. The third-order valence-electron chi connectivity index (χ3n) is 2.03. The third kappa shape index (κ3) is 1.58. The van der Waals surface area contributed by atoms with Crippen LogP contribution in [0.5, 0.6) is 0 Å². The average molecular weight is 270 g/mol. The van der Waals surface area contributed by atoms with Gasteiger partial charge in [-0.25, -0.2) is 9.67 Å². The van der Waals surface area contributed by atoms with E-state index in [0.29, 0.717) is 16.0 Å². The number of halogens is 1. The maximum atomic E-state index is 12.0. The van der Waals surface area contributed by atoms with E-state index in [9.17, 15) is 4.79 Å². The average Bonchev–Trinajstić information content (AvgIpc) is 2.75. The van der Waals surface area contributed by atoms with Crippen LogP contribution in [0.25, 0.3) is 0 Å². The number of hydrogen-bond acceptors (Lipinski definition) is 4. The molecule has 0 N–H and O–H groups in total. The van der Waals surface area contributed by atoms with Crippen LogP contribution < -0.4 is 0 Å². The van der Waals surface area contributed by atoms with Crippen molar-refractivity contribution in [3.05, 3.63) is 28.5 Å². The molecule has 78 valence electrons. The lowest BCUT2D eigenvalue weighted by atomic mass is 10.2. The number of aromatic nitrogens is 5. The van der Waals surface area contributed by atoms with Crippen molar-refractivity contribution in [3.63, 3.8) is 0 Å². The van der Waals surface area contributed by atoms with Crippen molar-refractivity contribution in [3.8, 4) is 0 Å². The van der Waals surface area contributed by atoms with Gasteiger partial charge in [0, 0.05) is 14.1 Å². The number of rotatable bonds is 2. The van der Waals surface area contributed by atoms with Crippen molar-refractivity contribution in [1.29, 1.82) is 0 Å². The van der Waals surface area contributed by atoms with Crippen LogP contribution in [0.3, 0.4) is 0 Å². The summed E-state index contributed by atoms with van der Waals surface area (Å²) in [4.78, 5) is 15.8. The fourth-order valence-electron chi connectivity index (χ4n) is 1.20. The Kier molecular flexibility index (Phi) is 2.39. The number of nitrogens with zero attached hydrogens (tertiary/aromatic N) is 5. The van der Waals surface area contributed by atoms with E-state index in [1.807, 2.05) is 0 Å². The van der Waals surface area contributed by atoms with Gasteiger partial charge in [-0.05, 0) is 15.9 Å². The maximum Gasteiger partial charge on any atom is 0.234 e. The van der Waals surface area contributed by atoms with Crippen LogP contribution in [-0.4, -0.2) is 30.3 Å². The van der Waals surface area contributed by atoms with Gasteiger partial charge in [-0.15, -0.1) is 0 Å². The summed E-state index contributed by atoms with van der Waals surface area (Å²) in [6.07, 6.45) is 2.85. The fraction of sp³-hybridized carbons (Fsp3) is 0.250. The molecule has 0 radical (unpaired) electrons. The normalized spacial score (nSPS) is 10.6. The number of aryl methyl sites for hydroxylation is 2. The summed E-state index contributed by atoms with van der Waals surface area (Å²) in [7, 11) is 3.42. The van der Waals surface area contributed by atoms with Crippen LogP contribution in [0.4, 0.5) is 0 Å². The number of carbonyl (C=O) groups excluding carboxylic acids is 1. The van der Waals surface area contributed by atoms with Crippen molar-refractivity contribution in [2.75, 3.05) is 0 Å². The molecule has 2 aromatic rings. The predicted molar refractivity (Wildman–Crippen MR) is 55.3 cm³/mol. The van der Waals surface area contributed by atoms with Gasteiger partial charge in [-0.2, -0.15) is 10.2 Å². The van der Waals surface area contributed by atoms with Gasteiger partial charge >= 0.3 is 0 Å². The third-order valence-corrected chi connectivity index (χ3v) is 2.97. The lowest BCUT2D eigenvalue weighted by Crippen LogP contribution is -2.09. The zero-order valence-electron chi connectivity index (χ0n) is 8.18. The molecule has 2 rings (SSSR count). The molecule has 0 amide bonds. The van der Waals surface area contributed by atoms with E-state index in [1.165, 1.54) is 17.2 Å². The lowest BCUT2D eigenvalue weighted by molar-refractivity contribution is 0.102. The largest absolute Gasteiger partial charge is 0.285 e. The second kappa shape index (κ2) is 3.58. The van der Waals surface area contributed by atoms with E-state index in [2.05, 4.69) is 31.1 Å². The predicted octanol–water partition coefficient (Wildman–Crippen LogP) is 0.542. The van der Waals surface area contributed by atoms with Gasteiger partial charge in [0.25, 0.3) is 0 Å². The highest BCUT2D eigenvalue weighted by atomic mass is 79.9. The van der Waals surface area contributed by atoms with E-state index in [4.69, 9.17) is 0 Å². The Morgan fingerprint density at radius 3 is 2.53 bits per heavy atom. The van der Waals surface area contributed by atoms with E-state index in [1.54, 1.807) is 18.8 Å². The number of carbonyl (C=O) groups is 1. The van der Waals surface area contributed by atoms with E-state index >= 15 is 0 Å². The Bertz CT molecular complexity index is 515. The summed E-state index contributed by atoms with van der Waals surface area (Å²) >= 11 is 3.28. The summed E-state index contributed by atoms with van der Waals surface area (Å²) in [5.74, 6) is 0.0960. The smallest absolute Gasteiger partial charge is 0.234 e. The molecule has 0 saturated carbocycles. The Balaban J connectivity index is 2.46. The first-order chi connectivity index (χ1) is 7.11. The highest BCUT2D eigenvalue weighted by Crippen LogP contribution is 2.17. The van der Waals surface area contributed by atoms with E-state index < -0.39 is 0 Å². The molecule has 2 heterocycles. The first-order valence-corrected chi connectivity index (χ1v) is 4.96. The van der Waals surface area contributed by atoms with Crippen molar-refractivity contribution in [2.24, 2.45) is 14.1 Å². The Morgan fingerprint density at radius 1 is 1.33 bits per heavy atom. The second-order valence-corrected chi connectivity index (χ2v) is 3.76. The first-order valence-electron chi connectivity index (χ1n) is 4.17. The molecule has 0 unspecified atom stereocenters. The summed E-state index contributed by atoms with van der Waals surface area (Å²) < 4.78 is 3.64. The summed E-state index contributed by atoms with van der Waals surface area (Å²) in [6.45, 7) is 0. The molecular formula is C8H8BrN5O. The zero-order valence-corrected chi connectivity index (χ0v) is 9.76.